The molecule has 0 aliphatic heterocycles. The Bertz CT molecular complexity index is 6860. The quantitative estimate of drug-likeness (QED) is 0.0878. The molecule has 12 heteroatoms. The Morgan fingerprint density at radius 1 is 0.291 bits per heavy atom. The van der Waals surface area contributed by atoms with Gasteiger partial charge in [-0.3, -0.25) is 0 Å². The maximum absolute atomic E-state index is 8.35. The number of rotatable bonds is 16. The van der Waals surface area contributed by atoms with Crippen LogP contribution in [0.15, 0.2) is 164 Å². The Labute approximate surface area is 675 Å². The fraction of sp³-hybridized carbons (Fsp3) is 0.347. The van der Waals surface area contributed by atoms with Crippen LogP contribution in [0.5, 0.6) is 0 Å². The molecular weight excluding hydrogens is 1350 g/mol. The highest BCUT2D eigenvalue weighted by molar-refractivity contribution is 6.12. The number of hydrogen-bond acceptors (Lipinski definition) is 8. The minimum Gasteiger partial charge on any atom is -0.437 e. The molecule has 0 fully saturated rings. The van der Waals surface area contributed by atoms with E-state index in [0.29, 0.717) is 89.8 Å². The number of aryl methyl sites for hydroxylation is 18. The van der Waals surface area contributed by atoms with Crippen LogP contribution in [-0.2, 0) is 92.0 Å². The molecule has 0 N–H and O–H groups in total. The molecule has 12 aromatic heterocycles. The molecule has 0 saturated carbocycles. The summed E-state index contributed by atoms with van der Waals surface area (Å²) >= 11 is 0. The molecule has 0 bridgehead atoms. The van der Waals surface area contributed by atoms with E-state index in [9.17, 15) is 0 Å². The molecule has 16 aromatic rings. The molecule has 0 saturated heterocycles. The lowest BCUT2D eigenvalue weighted by Crippen LogP contribution is -2.32. The first-order chi connectivity index (χ1) is 59.1. The molecule has 0 atom stereocenters. The second-order valence-corrected chi connectivity index (χ2v) is 28.6. The fourth-order valence-electron chi connectivity index (χ4n) is 14.8. The van der Waals surface area contributed by atoms with Crippen molar-refractivity contribution >= 4 is 88.3 Å². The van der Waals surface area contributed by atoms with Crippen molar-refractivity contribution in [3.8, 4) is 45.0 Å². The summed E-state index contributed by atoms with van der Waals surface area (Å²) in [5, 5.41) is 7.32. The third kappa shape index (κ3) is 14.5. The first kappa shape index (κ1) is 57.4. The van der Waals surface area contributed by atoms with Crippen molar-refractivity contribution in [1.82, 2.24) is 19.9 Å². The van der Waals surface area contributed by atoms with Gasteiger partial charge in [0, 0.05) is 137 Å². The van der Waals surface area contributed by atoms with Gasteiger partial charge in [0.25, 0.3) is 0 Å². The zero-order valence-corrected chi connectivity index (χ0v) is 67.4. The van der Waals surface area contributed by atoms with Gasteiger partial charge in [-0.25, -0.2) is 38.2 Å². The number of fused-ring (bicyclic) bond motifs is 12. The molecule has 0 aliphatic carbocycles. The summed E-state index contributed by atoms with van der Waals surface area (Å²) in [5.41, 5.74) is 20.9. The summed E-state index contributed by atoms with van der Waals surface area (Å²) in [5.74, 6) is 0.579. The van der Waals surface area contributed by atoms with E-state index in [-0.39, 0.29) is 23.1 Å². The van der Waals surface area contributed by atoms with Gasteiger partial charge >= 0.3 is 0 Å². The lowest BCUT2D eigenvalue weighted by molar-refractivity contribution is -0.661. The number of nitrogens with zero attached hydrogens (tertiary/aromatic N) is 8. The van der Waals surface area contributed by atoms with E-state index >= 15 is 0 Å². The molecule has 0 amide bonds. The summed E-state index contributed by atoms with van der Waals surface area (Å²) in [6, 6.07) is 38.8. The Hall–Kier alpha value is -10.7. The first-order valence-corrected chi connectivity index (χ1v) is 37.6. The minimum absolute atomic E-state index is 0.286. The number of aromatic nitrogens is 8. The Morgan fingerprint density at radius 2 is 0.527 bits per heavy atom. The third-order valence-corrected chi connectivity index (χ3v) is 21.0. The van der Waals surface area contributed by atoms with Gasteiger partial charge in [0.2, 0.25) is 45.6 Å². The highest BCUT2D eigenvalue weighted by atomic mass is 16.4. The number of furan rings is 4. The fourth-order valence-corrected chi connectivity index (χ4v) is 14.8. The predicted molar refractivity (Wildman–Crippen MR) is 453 cm³/mol. The molecule has 0 spiro atoms. The van der Waals surface area contributed by atoms with E-state index in [1.165, 1.54) is 62.3 Å². The van der Waals surface area contributed by atoms with Crippen LogP contribution in [0.1, 0.15) is 223 Å². The largest absolute Gasteiger partial charge is 0.437 e. The van der Waals surface area contributed by atoms with Crippen molar-refractivity contribution in [3.05, 3.63) is 236 Å². The summed E-state index contributed by atoms with van der Waals surface area (Å²) in [6.07, 6.45) is -7.63. The van der Waals surface area contributed by atoms with E-state index in [1.54, 1.807) is 59.7 Å². The van der Waals surface area contributed by atoms with Gasteiger partial charge in [-0.2, -0.15) is 0 Å². The van der Waals surface area contributed by atoms with Gasteiger partial charge in [0.05, 0.1) is 22.3 Å². The van der Waals surface area contributed by atoms with Gasteiger partial charge in [0.15, 0.2) is 47.1 Å². The van der Waals surface area contributed by atoms with Crippen molar-refractivity contribution < 1.29 is 60.6 Å². The lowest BCUT2D eigenvalue weighted by Gasteiger charge is -2.10. The second kappa shape index (κ2) is 32.5. The van der Waals surface area contributed by atoms with Crippen LogP contribution < -0.4 is 18.3 Å². The van der Waals surface area contributed by atoms with Crippen LogP contribution in [0.2, 0.25) is 0 Å². The highest BCUT2D eigenvalue weighted by Gasteiger charge is 2.29. The first-order valence-electron chi connectivity index (χ1n) is 46.6. The van der Waals surface area contributed by atoms with Crippen molar-refractivity contribution in [3.63, 3.8) is 0 Å². The number of pyridine rings is 8. The summed E-state index contributed by atoms with van der Waals surface area (Å²) in [7, 11) is 7.38. The third-order valence-electron chi connectivity index (χ3n) is 21.0. The Morgan fingerprint density at radius 3 is 0.773 bits per heavy atom. The molecule has 0 aliphatic rings. The SMILES string of the molecule is [2H]C([2H])(C)c1cc(-c2c(C)ccc3c2oc2nc(C(C)C)ccc23)[n+](C)cc1C([2H])([2H])C.[2H]C([2H])(C)c1cc(-c2c(C)ccc3c2oc2nc(C(C)C)ccc23)[n+](C)cc1C([2H])([2H])C.[2H]C([2H])(C)c1cc(-c2c(C)ccc3c2oc2nc(CC)ccc23)[n+](C)cc1C([2H])([2H])C.[2H]C([2H])(C)c1ccc2c(n1)oc1c(-c3cc(C([2H])([2H])C)c(C([2H])([2H])C)c[n+]3C)c(C)ccc12. The zero-order chi connectivity index (χ0) is 94.4. The van der Waals surface area contributed by atoms with Crippen LogP contribution in [-0.4, -0.2) is 19.9 Å². The normalized spacial score (nSPS) is 15.3. The van der Waals surface area contributed by atoms with E-state index in [0.717, 1.165) is 128 Å². The number of benzene rings is 4. The molecule has 0 unspecified atom stereocenters. The van der Waals surface area contributed by atoms with Crippen LogP contribution >= 0.6 is 0 Å². The minimum atomic E-state index is -1.75. The maximum Gasteiger partial charge on any atom is 0.227 e. The molecule has 12 nitrogen and oxygen atoms in total. The summed E-state index contributed by atoms with van der Waals surface area (Å²) in [4.78, 5) is 18.5. The Balaban J connectivity index is 0.000000146. The Kier molecular flexibility index (Phi) is 16.9. The van der Waals surface area contributed by atoms with Crippen molar-refractivity contribution in [2.24, 2.45) is 28.2 Å². The van der Waals surface area contributed by atoms with E-state index in [2.05, 4.69) is 44.6 Å². The van der Waals surface area contributed by atoms with Gasteiger partial charge < -0.3 is 17.7 Å². The van der Waals surface area contributed by atoms with Crippen LogP contribution in [0, 0.1) is 27.7 Å². The molecular formula is C98H112N8O4+4. The van der Waals surface area contributed by atoms with E-state index in [4.69, 9.17) is 52.3 Å². The highest BCUT2D eigenvalue weighted by Crippen LogP contribution is 2.42. The lowest BCUT2D eigenvalue weighted by atomic mass is 9.97. The van der Waals surface area contributed by atoms with Gasteiger partial charge in [-0.15, -0.1) is 0 Å². The summed E-state index contributed by atoms with van der Waals surface area (Å²) < 4.78 is 181. The monoisotopic (exact) mass is 1480 g/mol. The molecule has 12 heterocycles. The smallest absolute Gasteiger partial charge is 0.227 e. The molecule has 16 rings (SSSR count). The van der Waals surface area contributed by atoms with Gasteiger partial charge in [0.1, 0.15) is 28.2 Å². The standard InChI is InChI=1S/2C25H29N2O.2C24H27N2O/c2*1-7-17-13-22(27(6)14-18(17)8-2)23-16(5)9-10-19-20-11-12-21(15(3)4)26-25(20)28-24(19)23;2*1-6-16-13-21(26(5)14-17(16)7-2)22-15(4)9-11-19-20-12-10-18(8-3)25-24(20)27-23(19)22/h2*9-15H,7-8H2,1-6H3;2*9-14H,6-8H2,1-5H3/q4*+1/i2*7D2,8D2;6D2,7D2,8D2;6D2,7D2. The number of hydrogen-bond donors (Lipinski definition) is 0. The molecule has 110 heavy (non-hydrogen) atoms. The second-order valence-electron chi connectivity index (χ2n) is 28.6. The van der Waals surface area contributed by atoms with Crippen molar-refractivity contribution in [2.45, 2.75) is 200 Å². The topological polar surface area (TPSA) is 120 Å². The maximum atomic E-state index is 8.35. The van der Waals surface area contributed by atoms with Crippen LogP contribution in [0.4, 0.5) is 0 Å². The zero-order valence-electron chi connectivity index (χ0n) is 85.4. The average molecular weight is 1480 g/mol. The molecule has 564 valence electrons. The van der Waals surface area contributed by atoms with E-state index in [1.807, 2.05) is 161 Å². The van der Waals surface area contributed by atoms with Crippen LogP contribution in [0.3, 0.4) is 0 Å². The average Bonchev–Trinajstić information content (AvgIpc) is 1.61. The van der Waals surface area contributed by atoms with Crippen LogP contribution in [0.25, 0.3) is 133 Å². The van der Waals surface area contributed by atoms with Crippen molar-refractivity contribution in [1.29, 1.82) is 0 Å². The van der Waals surface area contributed by atoms with Gasteiger partial charge in [-0.1, -0.05) is 145 Å². The predicted octanol–water partition coefficient (Wildman–Crippen LogP) is 23.0. The summed E-state index contributed by atoms with van der Waals surface area (Å²) in [6.45, 7) is 31.5. The molecule has 0 radical (unpaired) electrons. The molecule has 4 aromatic carbocycles. The van der Waals surface area contributed by atoms with Crippen molar-refractivity contribution in [2.75, 3.05) is 0 Å². The van der Waals surface area contributed by atoms with Gasteiger partial charge in [-0.05, 0) is 196 Å². The van der Waals surface area contributed by atoms with E-state index < -0.39 is 57.4 Å².